The van der Waals surface area contributed by atoms with Crippen LogP contribution in [0.25, 0.3) is 11.0 Å². The van der Waals surface area contributed by atoms with Gasteiger partial charge in [-0.1, -0.05) is 6.42 Å². The molecule has 4 rings (SSSR count). The summed E-state index contributed by atoms with van der Waals surface area (Å²) in [7, 11) is 0. The van der Waals surface area contributed by atoms with Crippen LogP contribution in [0.15, 0.2) is 18.2 Å². The molecule has 0 bridgehead atoms. The van der Waals surface area contributed by atoms with Crippen molar-refractivity contribution in [2.24, 2.45) is 5.92 Å². The van der Waals surface area contributed by atoms with Crippen LogP contribution in [0.1, 0.15) is 44.9 Å². The molecule has 128 valence electrons. The molecule has 1 amide bonds. The monoisotopic (exact) mass is 326 g/mol. The predicted octanol–water partition coefficient (Wildman–Crippen LogP) is 3.09. The van der Waals surface area contributed by atoms with Crippen LogP contribution >= 0.6 is 0 Å². The Balaban J connectivity index is 1.54. The van der Waals surface area contributed by atoms with Gasteiger partial charge in [0.2, 0.25) is 5.91 Å². The third-order valence-corrected chi connectivity index (χ3v) is 5.37. The molecule has 1 aromatic heterocycles. The summed E-state index contributed by atoms with van der Waals surface area (Å²) in [4.78, 5) is 17.3. The number of aryl methyl sites for hydroxylation is 2. The predicted molar refractivity (Wildman–Crippen MR) is 96.1 cm³/mol. The van der Waals surface area contributed by atoms with Gasteiger partial charge in [0, 0.05) is 30.6 Å². The Morgan fingerprint density at radius 1 is 1.33 bits per heavy atom. The van der Waals surface area contributed by atoms with E-state index in [1.807, 2.05) is 12.1 Å². The van der Waals surface area contributed by atoms with Crippen LogP contribution in [0.5, 0.6) is 0 Å². The standard InChI is InChI=1S/C19H26N4O/c1-13-11-14(8-9-20-13)19(24)21-15-6-7-17-16(12-15)22-18-5-3-2-4-10-23(17)18/h6-7,12-14,20H,2-5,8-11H2,1H3,(H,21,24)/t13-,14-/m0/s1. The zero-order valence-electron chi connectivity index (χ0n) is 14.3. The normalized spacial score (nSPS) is 24.4. The topological polar surface area (TPSA) is 59.0 Å². The summed E-state index contributed by atoms with van der Waals surface area (Å²) < 4.78 is 2.35. The molecule has 3 heterocycles. The van der Waals surface area contributed by atoms with E-state index in [1.165, 1.54) is 30.6 Å². The molecule has 5 nitrogen and oxygen atoms in total. The fraction of sp³-hybridized carbons (Fsp3) is 0.579. The lowest BCUT2D eigenvalue weighted by atomic mass is 9.92. The van der Waals surface area contributed by atoms with E-state index in [4.69, 9.17) is 4.98 Å². The molecule has 2 aliphatic rings. The van der Waals surface area contributed by atoms with Crippen molar-refractivity contribution in [1.82, 2.24) is 14.9 Å². The van der Waals surface area contributed by atoms with Gasteiger partial charge >= 0.3 is 0 Å². The zero-order chi connectivity index (χ0) is 16.5. The number of nitrogens with zero attached hydrogens (tertiary/aromatic N) is 2. The summed E-state index contributed by atoms with van der Waals surface area (Å²) in [5.74, 6) is 1.44. The number of anilines is 1. The summed E-state index contributed by atoms with van der Waals surface area (Å²) in [6.07, 6.45) is 6.62. The van der Waals surface area contributed by atoms with Crippen molar-refractivity contribution in [3.63, 3.8) is 0 Å². The number of aromatic nitrogens is 2. The average molecular weight is 326 g/mol. The maximum Gasteiger partial charge on any atom is 0.227 e. The van der Waals surface area contributed by atoms with Crippen molar-refractivity contribution < 1.29 is 4.79 Å². The minimum absolute atomic E-state index is 0.107. The summed E-state index contributed by atoms with van der Waals surface area (Å²) in [6, 6.07) is 6.57. The van der Waals surface area contributed by atoms with Gasteiger partial charge < -0.3 is 15.2 Å². The van der Waals surface area contributed by atoms with E-state index in [9.17, 15) is 4.79 Å². The minimum Gasteiger partial charge on any atom is -0.328 e. The number of carbonyl (C=O) groups is 1. The molecule has 2 N–H and O–H groups in total. The Morgan fingerprint density at radius 2 is 2.25 bits per heavy atom. The first-order valence-electron chi connectivity index (χ1n) is 9.24. The summed E-state index contributed by atoms with van der Waals surface area (Å²) in [5, 5.41) is 6.50. The number of benzene rings is 1. The molecule has 5 heteroatoms. The van der Waals surface area contributed by atoms with Crippen molar-refractivity contribution >= 4 is 22.6 Å². The van der Waals surface area contributed by atoms with Gasteiger partial charge in [-0.05, 0) is 57.4 Å². The molecule has 1 aromatic carbocycles. The Morgan fingerprint density at radius 3 is 3.12 bits per heavy atom. The second-order valence-corrected chi connectivity index (χ2v) is 7.26. The van der Waals surface area contributed by atoms with Gasteiger partial charge in [0.15, 0.2) is 0 Å². The van der Waals surface area contributed by atoms with Crippen molar-refractivity contribution in [3.05, 3.63) is 24.0 Å². The second kappa shape index (κ2) is 6.55. The van der Waals surface area contributed by atoms with Gasteiger partial charge in [-0.2, -0.15) is 0 Å². The molecule has 2 aliphatic heterocycles. The van der Waals surface area contributed by atoms with Crippen LogP contribution in [0, 0.1) is 5.92 Å². The molecule has 24 heavy (non-hydrogen) atoms. The maximum absolute atomic E-state index is 12.5. The third kappa shape index (κ3) is 3.05. The first-order valence-corrected chi connectivity index (χ1v) is 9.24. The molecule has 1 saturated heterocycles. The zero-order valence-corrected chi connectivity index (χ0v) is 14.3. The number of hydrogen-bond acceptors (Lipinski definition) is 3. The molecule has 0 saturated carbocycles. The number of imidazole rings is 1. The van der Waals surface area contributed by atoms with Crippen molar-refractivity contribution in [1.29, 1.82) is 0 Å². The quantitative estimate of drug-likeness (QED) is 0.891. The lowest BCUT2D eigenvalue weighted by molar-refractivity contribution is -0.120. The Bertz CT molecular complexity index is 751. The van der Waals surface area contributed by atoms with Crippen LogP contribution in [0.3, 0.4) is 0 Å². The first-order chi connectivity index (χ1) is 11.7. The molecule has 1 fully saturated rings. The van der Waals surface area contributed by atoms with E-state index >= 15 is 0 Å². The highest BCUT2D eigenvalue weighted by Crippen LogP contribution is 2.25. The van der Waals surface area contributed by atoms with E-state index in [1.54, 1.807) is 0 Å². The molecular formula is C19H26N4O. The maximum atomic E-state index is 12.5. The number of hydrogen-bond donors (Lipinski definition) is 2. The number of nitrogens with one attached hydrogen (secondary N) is 2. The molecular weight excluding hydrogens is 300 g/mol. The minimum atomic E-state index is 0.107. The van der Waals surface area contributed by atoms with E-state index in [-0.39, 0.29) is 11.8 Å². The van der Waals surface area contributed by atoms with Gasteiger partial charge in [-0.15, -0.1) is 0 Å². The highest BCUT2D eigenvalue weighted by molar-refractivity contribution is 5.94. The van der Waals surface area contributed by atoms with Crippen molar-refractivity contribution in [3.8, 4) is 0 Å². The number of rotatable bonds is 2. The van der Waals surface area contributed by atoms with Gasteiger partial charge in [-0.3, -0.25) is 4.79 Å². The number of fused-ring (bicyclic) bond motifs is 3. The van der Waals surface area contributed by atoms with Gasteiger partial charge in [0.05, 0.1) is 11.0 Å². The van der Waals surface area contributed by atoms with Crippen LogP contribution in [-0.2, 0) is 17.8 Å². The summed E-state index contributed by atoms with van der Waals surface area (Å²) in [6.45, 7) is 4.13. The van der Waals surface area contributed by atoms with Gasteiger partial charge in [0.1, 0.15) is 5.82 Å². The van der Waals surface area contributed by atoms with Crippen molar-refractivity contribution in [2.45, 2.75) is 58.0 Å². The molecule has 0 unspecified atom stereocenters. The highest BCUT2D eigenvalue weighted by atomic mass is 16.1. The Kier molecular flexibility index (Phi) is 4.27. The SMILES string of the molecule is C[C@H]1C[C@@H](C(=O)Nc2ccc3c(c2)nc2n3CCCCC2)CCN1. The second-order valence-electron chi connectivity index (χ2n) is 7.26. The average Bonchev–Trinajstić information content (AvgIpc) is 2.75. The Labute approximate surface area is 142 Å². The highest BCUT2D eigenvalue weighted by Gasteiger charge is 2.25. The lowest BCUT2D eigenvalue weighted by Crippen LogP contribution is -2.40. The smallest absolute Gasteiger partial charge is 0.227 e. The van der Waals surface area contributed by atoms with Crippen LogP contribution in [0.4, 0.5) is 5.69 Å². The van der Waals surface area contributed by atoms with Crippen molar-refractivity contribution in [2.75, 3.05) is 11.9 Å². The summed E-state index contributed by atoms with van der Waals surface area (Å²) in [5.41, 5.74) is 3.07. The van der Waals surface area contributed by atoms with Crippen LogP contribution < -0.4 is 10.6 Å². The molecule has 0 radical (unpaired) electrons. The number of piperidine rings is 1. The van der Waals surface area contributed by atoms with E-state index in [0.29, 0.717) is 6.04 Å². The van der Waals surface area contributed by atoms with Crippen LogP contribution in [-0.4, -0.2) is 28.0 Å². The Hall–Kier alpha value is -1.88. The molecule has 0 aliphatic carbocycles. The van der Waals surface area contributed by atoms with Gasteiger partial charge in [0.25, 0.3) is 0 Å². The molecule has 2 atom stereocenters. The fourth-order valence-corrected chi connectivity index (χ4v) is 4.04. The summed E-state index contributed by atoms with van der Waals surface area (Å²) >= 11 is 0. The first kappa shape index (κ1) is 15.6. The van der Waals surface area contributed by atoms with Gasteiger partial charge in [-0.25, -0.2) is 4.98 Å². The third-order valence-electron chi connectivity index (χ3n) is 5.37. The van der Waals surface area contributed by atoms with E-state index in [2.05, 4.69) is 28.2 Å². The number of carbonyl (C=O) groups excluding carboxylic acids is 1. The van der Waals surface area contributed by atoms with E-state index < -0.39 is 0 Å². The lowest BCUT2D eigenvalue weighted by Gasteiger charge is -2.27. The number of amides is 1. The fourth-order valence-electron chi connectivity index (χ4n) is 4.04. The van der Waals surface area contributed by atoms with E-state index in [0.717, 1.165) is 43.6 Å². The molecule has 0 spiro atoms. The largest absolute Gasteiger partial charge is 0.328 e. The molecule has 2 aromatic rings. The van der Waals surface area contributed by atoms with Crippen LogP contribution in [0.2, 0.25) is 0 Å².